The maximum Gasteiger partial charge on any atom is 0.0555 e. The topological polar surface area (TPSA) is 26.0 Å². The van der Waals surface area contributed by atoms with Crippen molar-refractivity contribution in [2.75, 3.05) is 6.54 Å². The van der Waals surface area contributed by atoms with Crippen molar-refractivity contribution >= 4 is 23.1 Å². The number of thioether (sulfide) groups is 1. The average Bonchev–Trinajstić information content (AvgIpc) is 2.86. The van der Waals surface area contributed by atoms with Crippen LogP contribution in [0.5, 0.6) is 0 Å². The number of rotatable bonds is 4. The van der Waals surface area contributed by atoms with E-state index in [0.717, 1.165) is 17.1 Å². The Hall–Kier alpha value is -1.21. The first-order chi connectivity index (χ1) is 9.29. The van der Waals surface area contributed by atoms with Crippen LogP contribution >= 0.6 is 23.1 Å². The minimum atomic E-state index is 0.424. The third kappa shape index (κ3) is 4.43. The first-order valence-electron chi connectivity index (χ1n) is 6.18. The van der Waals surface area contributed by atoms with Crippen LogP contribution in [0.25, 0.3) is 0 Å². The predicted octanol–water partition coefficient (Wildman–Crippen LogP) is 3.80. The van der Waals surface area contributed by atoms with E-state index in [4.69, 9.17) is 5.73 Å². The standard InChI is InChI=1S/C16H17NS2/c1-13-5-2-3-7-15(13)11-18-12-16-9-14(10-19-16)6-4-8-17/h2-3,5,7,9-10H,8,11-12,17H2,1H3. The predicted molar refractivity (Wildman–Crippen MR) is 86.4 cm³/mol. The quantitative estimate of drug-likeness (QED) is 0.866. The number of hydrogen-bond donors (Lipinski definition) is 1. The lowest BCUT2D eigenvalue weighted by atomic mass is 10.1. The van der Waals surface area contributed by atoms with Crippen LogP contribution in [0.3, 0.4) is 0 Å². The van der Waals surface area contributed by atoms with Gasteiger partial charge in [0.25, 0.3) is 0 Å². The van der Waals surface area contributed by atoms with Gasteiger partial charge in [0.1, 0.15) is 0 Å². The number of hydrogen-bond acceptors (Lipinski definition) is 3. The summed E-state index contributed by atoms with van der Waals surface area (Å²) < 4.78 is 0. The van der Waals surface area contributed by atoms with Gasteiger partial charge in [-0.15, -0.1) is 11.3 Å². The molecule has 0 aliphatic heterocycles. The van der Waals surface area contributed by atoms with Gasteiger partial charge >= 0.3 is 0 Å². The van der Waals surface area contributed by atoms with Gasteiger partial charge in [0, 0.05) is 27.3 Å². The summed E-state index contributed by atoms with van der Waals surface area (Å²) in [7, 11) is 0. The van der Waals surface area contributed by atoms with E-state index >= 15 is 0 Å². The fourth-order valence-corrected chi connectivity index (χ4v) is 3.76. The van der Waals surface area contributed by atoms with Gasteiger partial charge in [0.2, 0.25) is 0 Å². The molecule has 0 saturated heterocycles. The molecule has 0 aliphatic carbocycles. The van der Waals surface area contributed by atoms with Crippen LogP contribution in [0.4, 0.5) is 0 Å². The second-order valence-electron chi connectivity index (χ2n) is 4.23. The maximum atomic E-state index is 5.37. The lowest BCUT2D eigenvalue weighted by Crippen LogP contribution is -1.92. The van der Waals surface area contributed by atoms with E-state index < -0.39 is 0 Å². The average molecular weight is 287 g/mol. The zero-order valence-electron chi connectivity index (χ0n) is 11.0. The highest BCUT2D eigenvalue weighted by Crippen LogP contribution is 2.23. The molecule has 19 heavy (non-hydrogen) atoms. The van der Waals surface area contributed by atoms with Crippen LogP contribution in [0.15, 0.2) is 35.7 Å². The van der Waals surface area contributed by atoms with Crippen molar-refractivity contribution in [3.63, 3.8) is 0 Å². The first kappa shape index (κ1) is 14.2. The molecular weight excluding hydrogens is 270 g/mol. The molecule has 1 aromatic carbocycles. The third-order valence-corrected chi connectivity index (χ3v) is 4.90. The first-order valence-corrected chi connectivity index (χ1v) is 8.21. The van der Waals surface area contributed by atoms with Crippen LogP contribution in [0.1, 0.15) is 21.6 Å². The summed E-state index contributed by atoms with van der Waals surface area (Å²) in [5, 5.41) is 2.10. The summed E-state index contributed by atoms with van der Waals surface area (Å²) in [5.41, 5.74) is 9.25. The van der Waals surface area contributed by atoms with Crippen molar-refractivity contribution in [3.05, 3.63) is 57.3 Å². The van der Waals surface area contributed by atoms with E-state index in [9.17, 15) is 0 Å². The molecule has 1 heterocycles. The summed E-state index contributed by atoms with van der Waals surface area (Å²) in [4.78, 5) is 1.37. The Morgan fingerprint density at radius 2 is 2.11 bits per heavy atom. The molecule has 2 rings (SSSR count). The van der Waals surface area contributed by atoms with Crippen LogP contribution in [0.2, 0.25) is 0 Å². The second-order valence-corrected chi connectivity index (χ2v) is 6.21. The van der Waals surface area contributed by atoms with Crippen LogP contribution in [-0.4, -0.2) is 6.54 Å². The molecule has 0 radical (unpaired) electrons. The monoisotopic (exact) mass is 287 g/mol. The minimum Gasteiger partial charge on any atom is -0.320 e. The summed E-state index contributed by atoms with van der Waals surface area (Å²) in [5.74, 6) is 8.06. The summed E-state index contributed by atoms with van der Waals surface area (Å²) in [6.45, 7) is 2.59. The Balaban J connectivity index is 1.86. The Morgan fingerprint density at radius 1 is 1.26 bits per heavy atom. The van der Waals surface area contributed by atoms with Crippen molar-refractivity contribution in [1.82, 2.24) is 0 Å². The van der Waals surface area contributed by atoms with E-state index in [0.29, 0.717) is 6.54 Å². The Kier molecular flexibility index (Phi) is 5.53. The zero-order valence-corrected chi connectivity index (χ0v) is 12.6. The van der Waals surface area contributed by atoms with Crippen molar-refractivity contribution in [2.45, 2.75) is 18.4 Å². The smallest absolute Gasteiger partial charge is 0.0555 e. The molecule has 0 fully saturated rings. The van der Waals surface area contributed by atoms with E-state index in [1.165, 1.54) is 16.0 Å². The van der Waals surface area contributed by atoms with Crippen LogP contribution in [-0.2, 0) is 11.5 Å². The largest absolute Gasteiger partial charge is 0.320 e. The highest BCUT2D eigenvalue weighted by Gasteiger charge is 2.01. The molecule has 0 aliphatic rings. The second kappa shape index (κ2) is 7.40. The van der Waals surface area contributed by atoms with Gasteiger partial charge in [0.15, 0.2) is 0 Å². The summed E-state index contributed by atoms with van der Waals surface area (Å²) in [6.07, 6.45) is 0. The summed E-state index contributed by atoms with van der Waals surface area (Å²) in [6, 6.07) is 10.7. The molecule has 3 heteroatoms. The Labute approximate surface area is 123 Å². The van der Waals surface area contributed by atoms with Crippen molar-refractivity contribution in [1.29, 1.82) is 0 Å². The molecule has 0 saturated carbocycles. The van der Waals surface area contributed by atoms with E-state index in [-0.39, 0.29) is 0 Å². The molecule has 0 atom stereocenters. The number of thiophene rings is 1. The number of benzene rings is 1. The van der Waals surface area contributed by atoms with E-state index in [1.807, 2.05) is 11.8 Å². The van der Waals surface area contributed by atoms with Crippen LogP contribution in [0, 0.1) is 18.8 Å². The Bertz CT molecular complexity index is 590. The van der Waals surface area contributed by atoms with Gasteiger partial charge in [-0.25, -0.2) is 0 Å². The lowest BCUT2D eigenvalue weighted by molar-refractivity contribution is 1.30. The zero-order chi connectivity index (χ0) is 13.5. The maximum absolute atomic E-state index is 5.37. The molecule has 0 spiro atoms. The van der Waals surface area contributed by atoms with Gasteiger partial charge in [-0.3, -0.25) is 0 Å². The summed E-state index contributed by atoms with van der Waals surface area (Å²) >= 11 is 3.72. The minimum absolute atomic E-state index is 0.424. The highest BCUT2D eigenvalue weighted by molar-refractivity contribution is 7.97. The van der Waals surface area contributed by atoms with Crippen LogP contribution < -0.4 is 5.73 Å². The molecule has 2 N–H and O–H groups in total. The lowest BCUT2D eigenvalue weighted by Gasteiger charge is -2.04. The SMILES string of the molecule is Cc1ccccc1CSCc1cc(C#CCN)cs1. The van der Waals surface area contributed by atoms with Gasteiger partial charge < -0.3 is 5.73 Å². The van der Waals surface area contributed by atoms with Crippen molar-refractivity contribution in [3.8, 4) is 11.8 Å². The molecular formula is C16H17NS2. The number of nitrogens with two attached hydrogens (primary N) is 1. The highest BCUT2D eigenvalue weighted by atomic mass is 32.2. The molecule has 0 bridgehead atoms. The number of aryl methyl sites for hydroxylation is 1. The molecule has 2 aromatic rings. The van der Waals surface area contributed by atoms with Gasteiger partial charge in [0.05, 0.1) is 6.54 Å². The van der Waals surface area contributed by atoms with E-state index in [1.54, 1.807) is 11.3 Å². The van der Waals surface area contributed by atoms with Crippen molar-refractivity contribution < 1.29 is 0 Å². The molecule has 1 aromatic heterocycles. The van der Waals surface area contributed by atoms with Gasteiger partial charge in [-0.2, -0.15) is 11.8 Å². The fraction of sp³-hybridized carbons (Fsp3) is 0.250. The van der Waals surface area contributed by atoms with Crippen molar-refractivity contribution in [2.24, 2.45) is 5.73 Å². The normalized spacial score (nSPS) is 10.0. The Morgan fingerprint density at radius 3 is 2.89 bits per heavy atom. The molecule has 0 unspecified atom stereocenters. The molecule has 0 amide bonds. The molecule has 1 nitrogen and oxygen atoms in total. The van der Waals surface area contributed by atoms with Gasteiger partial charge in [-0.05, 0) is 24.1 Å². The van der Waals surface area contributed by atoms with E-state index in [2.05, 4.69) is 54.5 Å². The van der Waals surface area contributed by atoms with Gasteiger partial charge in [-0.1, -0.05) is 36.1 Å². The third-order valence-electron chi connectivity index (χ3n) is 2.75. The molecule has 98 valence electrons. The fourth-order valence-electron chi connectivity index (χ4n) is 1.71.